The average Bonchev–Trinajstić information content (AvgIpc) is 2.57. The number of carbonyl (C=O) groups is 2. The first-order valence-corrected chi connectivity index (χ1v) is 7.28. The van der Waals surface area contributed by atoms with Gasteiger partial charge in [0, 0.05) is 6.54 Å². The summed E-state index contributed by atoms with van der Waals surface area (Å²) in [5.41, 5.74) is 0.560. The fourth-order valence-electron chi connectivity index (χ4n) is 1.12. The lowest BCUT2D eigenvalue weighted by Gasteiger charge is -2.07. The number of halogens is 2. The second-order valence-corrected chi connectivity index (χ2v) is 7.27. The number of hydrogen-bond donors (Lipinski definition) is 2. The van der Waals surface area contributed by atoms with Gasteiger partial charge in [0.05, 0.1) is 19.1 Å². The molecule has 17 heavy (non-hydrogen) atoms. The highest BCUT2D eigenvalue weighted by molar-refractivity contribution is 9.12. The fourth-order valence-corrected chi connectivity index (χ4v) is 3.91. The molecule has 94 valence electrons. The Kier molecular flexibility index (Phi) is 5.61. The highest BCUT2D eigenvalue weighted by Crippen LogP contribution is 2.31. The fraction of sp³-hybridized carbons (Fsp3) is 0.400. The molecule has 0 radical (unpaired) electrons. The van der Waals surface area contributed by atoms with Crippen LogP contribution in [0, 0.1) is 5.92 Å². The van der Waals surface area contributed by atoms with E-state index < -0.39 is 11.9 Å². The summed E-state index contributed by atoms with van der Waals surface area (Å²) in [6, 6.07) is 1.73. The van der Waals surface area contributed by atoms with Gasteiger partial charge in [-0.25, -0.2) is 0 Å². The summed E-state index contributed by atoms with van der Waals surface area (Å²) in [7, 11) is 0. The molecule has 0 aliphatic heterocycles. The van der Waals surface area contributed by atoms with E-state index in [1.165, 1.54) is 11.3 Å². The lowest BCUT2D eigenvalue weighted by atomic mass is 10.1. The number of hydrogen-bond acceptors (Lipinski definition) is 3. The van der Waals surface area contributed by atoms with E-state index in [9.17, 15) is 9.59 Å². The third-order valence-corrected chi connectivity index (χ3v) is 4.53. The number of aliphatic carboxylic acids is 1. The molecule has 1 heterocycles. The number of carboxylic acids is 1. The second-order valence-electron chi connectivity index (χ2n) is 3.52. The molecule has 1 aromatic rings. The van der Waals surface area contributed by atoms with Crippen molar-refractivity contribution in [1.82, 2.24) is 5.32 Å². The first-order chi connectivity index (χ1) is 7.91. The van der Waals surface area contributed by atoms with Gasteiger partial charge in [-0.05, 0) is 44.3 Å². The van der Waals surface area contributed by atoms with Crippen molar-refractivity contribution in [2.24, 2.45) is 5.92 Å². The van der Waals surface area contributed by atoms with Gasteiger partial charge in [0.15, 0.2) is 0 Å². The summed E-state index contributed by atoms with van der Waals surface area (Å²) in [4.78, 5) is 22.3. The Hall–Kier alpha value is -0.400. The summed E-state index contributed by atoms with van der Waals surface area (Å²) in [5, 5.41) is 11.4. The SMILES string of the molecule is CC(CCNC(=O)c1cc(Br)sc1Br)C(=O)O. The van der Waals surface area contributed by atoms with Crippen LogP contribution in [0.2, 0.25) is 0 Å². The largest absolute Gasteiger partial charge is 0.481 e. The molecule has 0 aliphatic rings. The standard InChI is InChI=1S/C10H11Br2NO3S/c1-5(10(15)16)2-3-13-9(14)6-4-7(11)17-8(6)12/h4-5H,2-3H2,1H3,(H,13,14)(H,15,16). The quantitative estimate of drug-likeness (QED) is 0.819. The van der Waals surface area contributed by atoms with Crippen LogP contribution < -0.4 is 5.32 Å². The molecule has 1 rings (SSSR count). The number of carbonyl (C=O) groups excluding carboxylic acids is 1. The first kappa shape index (κ1) is 14.7. The van der Waals surface area contributed by atoms with E-state index in [1.54, 1.807) is 13.0 Å². The number of amides is 1. The van der Waals surface area contributed by atoms with E-state index in [-0.39, 0.29) is 5.91 Å². The molecular weight excluding hydrogens is 374 g/mol. The molecule has 0 spiro atoms. The summed E-state index contributed by atoms with van der Waals surface area (Å²) in [6.07, 6.45) is 0.421. The molecule has 0 saturated heterocycles. The van der Waals surface area contributed by atoms with Crippen LogP contribution in [0.3, 0.4) is 0 Å². The lowest BCUT2D eigenvalue weighted by Crippen LogP contribution is -2.26. The van der Waals surface area contributed by atoms with Crippen molar-refractivity contribution in [3.05, 3.63) is 19.2 Å². The smallest absolute Gasteiger partial charge is 0.306 e. The van der Waals surface area contributed by atoms with E-state index in [4.69, 9.17) is 5.11 Å². The van der Waals surface area contributed by atoms with E-state index in [1.807, 2.05) is 0 Å². The van der Waals surface area contributed by atoms with E-state index in [2.05, 4.69) is 37.2 Å². The van der Waals surface area contributed by atoms with Gasteiger partial charge in [-0.3, -0.25) is 9.59 Å². The van der Waals surface area contributed by atoms with Gasteiger partial charge >= 0.3 is 5.97 Å². The molecule has 0 bridgehead atoms. The van der Waals surface area contributed by atoms with Crippen LogP contribution in [0.1, 0.15) is 23.7 Å². The number of carboxylic acid groups (broad SMARTS) is 1. The van der Waals surface area contributed by atoms with Crippen molar-refractivity contribution in [3.8, 4) is 0 Å². The minimum absolute atomic E-state index is 0.198. The van der Waals surface area contributed by atoms with Crippen LogP contribution in [0.25, 0.3) is 0 Å². The Balaban J connectivity index is 2.45. The van der Waals surface area contributed by atoms with Crippen LogP contribution in [0.5, 0.6) is 0 Å². The highest BCUT2D eigenvalue weighted by Gasteiger charge is 2.15. The molecular formula is C10H11Br2NO3S. The van der Waals surface area contributed by atoms with Gasteiger partial charge in [-0.2, -0.15) is 0 Å². The first-order valence-electron chi connectivity index (χ1n) is 4.87. The van der Waals surface area contributed by atoms with Crippen LogP contribution in [0.15, 0.2) is 13.6 Å². The Morgan fingerprint density at radius 2 is 2.18 bits per heavy atom. The van der Waals surface area contributed by atoms with Gasteiger partial charge in [-0.1, -0.05) is 6.92 Å². The summed E-state index contributed by atoms with van der Waals surface area (Å²) in [6.45, 7) is 1.97. The van der Waals surface area contributed by atoms with Crippen LogP contribution >= 0.6 is 43.2 Å². The molecule has 2 N–H and O–H groups in total. The molecule has 7 heteroatoms. The summed E-state index contributed by atoms with van der Waals surface area (Å²) in [5.74, 6) is -1.50. The number of rotatable bonds is 5. The van der Waals surface area contributed by atoms with Gasteiger partial charge in [0.2, 0.25) is 0 Å². The minimum Gasteiger partial charge on any atom is -0.481 e. The van der Waals surface area contributed by atoms with E-state index in [0.717, 1.165) is 7.57 Å². The number of nitrogens with one attached hydrogen (secondary N) is 1. The van der Waals surface area contributed by atoms with Crippen molar-refractivity contribution < 1.29 is 14.7 Å². The van der Waals surface area contributed by atoms with Crippen LogP contribution in [0.4, 0.5) is 0 Å². The van der Waals surface area contributed by atoms with Crippen molar-refractivity contribution in [2.75, 3.05) is 6.54 Å². The zero-order chi connectivity index (χ0) is 13.0. The maximum Gasteiger partial charge on any atom is 0.306 e. The maximum atomic E-state index is 11.7. The minimum atomic E-state index is -0.848. The molecule has 4 nitrogen and oxygen atoms in total. The molecule has 1 unspecified atom stereocenters. The molecule has 0 fully saturated rings. The van der Waals surface area contributed by atoms with Crippen molar-refractivity contribution in [3.63, 3.8) is 0 Å². The Bertz CT molecular complexity index is 433. The van der Waals surface area contributed by atoms with Gasteiger partial charge in [-0.15, -0.1) is 11.3 Å². The summed E-state index contributed by atoms with van der Waals surface area (Å²) < 4.78 is 1.63. The van der Waals surface area contributed by atoms with Crippen molar-refractivity contribution in [1.29, 1.82) is 0 Å². The second kappa shape index (κ2) is 6.51. The van der Waals surface area contributed by atoms with Crippen molar-refractivity contribution in [2.45, 2.75) is 13.3 Å². The monoisotopic (exact) mass is 383 g/mol. The third-order valence-electron chi connectivity index (χ3n) is 2.19. The Morgan fingerprint density at radius 1 is 1.53 bits per heavy atom. The maximum absolute atomic E-state index is 11.7. The molecule has 0 saturated carbocycles. The van der Waals surface area contributed by atoms with Crippen LogP contribution in [-0.4, -0.2) is 23.5 Å². The zero-order valence-corrected chi connectivity index (χ0v) is 13.0. The van der Waals surface area contributed by atoms with Crippen LogP contribution in [-0.2, 0) is 4.79 Å². The van der Waals surface area contributed by atoms with E-state index in [0.29, 0.717) is 18.5 Å². The zero-order valence-electron chi connectivity index (χ0n) is 9.00. The predicted molar refractivity (Wildman–Crippen MR) is 73.5 cm³/mol. The highest BCUT2D eigenvalue weighted by atomic mass is 79.9. The van der Waals surface area contributed by atoms with Crippen molar-refractivity contribution >= 4 is 55.1 Å². The van der Waals surface area contributed by atoms with Gasteiger partial charge in [0.25, 0.3) is 5.91 Å². The molecule has 0 aromatic carbocycles. The topological polar surface area (TPSA) is 66.4 Å². The lowest BCUT2D eigenvalue weighted by molar-refractivity contribution is -0.141. The Labute approximate surface area is 120 Å². The van der Waals surface area contributed by atoms with Gasteiger partial charge in [0.1, 0.15) is 0 Å². The average molecular weight is 385 g/mol. The Morgan fingerprint density at radius 3 is 2.65 bits per heavy atom. The third kappa shape index (κ3) is 4.40. The normalized spacial score (nSPS) is 12.2. The molecule has 1 atom stereocenters. The number of thiophene rings is 1. The molecule has 1 aromatic heterocycles. The van der Waals surface area contributed by atoms with E-state index >= 15 is 0 Å². The molecule has 1 amide bonds. The van der Waals surface area contributed by atoms with Gasteiger partial charge < -0.3 is 10.4 Å². The summed E-state index contributed by atoms with van der Waals surface area (Å²) >= 11 is 8.01. The predicted octanol–water partition coefficient (Wildman–Crippen LogP) is 3.11. The molecule has 0 aliphatic carbocycles.